The van der Waals surface area contributed by atoms with Gasteiger partial charge in [-0.2, -0.15) is 0 Å². The highest BCUT2D eigenvalue weighted by Crippen LogP contribution is 2.24. The van der Waals surface area contributed by atoms with Crippen molar-refractivity contribution in [1.82, 2.24) is 5.43 Å². The molecule has 0 aliphatic heterocycles. The van der Waals surface area contributed by atoms with Crippen molar-refractivity contribution in [1.29, 1.82) is 0 Å². The average Bonchev–Trinajstić information content (AvgIpc) is 2.16. The third kappa shape index (κ3) is 4.20. The van der Waals surface area contributed by atoms with Gasteiger partial charge in [-0.1, -0.05) is 29.8 Å². The molecule has 0 aliphatic rings. The lowest BCUT2D eigenvalue weighted by Gasteiger charge is -2.17. The van der Waals surface area contributed by atoms with Crippen LogP contribution in [0.1, 0.15) is 38.3 Å². The first kappa shape index (κ1) is 13.6. The predicted molar refractivity (Wildman–Crippen MR) is 68.2 cm³/mol. The van der Waals surface area contributed by atoms with Crippen LogP contribution in [0.15, 0.2) is 22.7 Å². The molecule has 0 bridgehead atoms. The summed E-state index contributed by atoms with van der Waals surface area (Å²) in [6.07, 6.45) is 1.97. The SMILES string of the molecule is CC(C)CCC(NN)c1cc(F)cc(Br)c1. The fraction of sp³-hybridized carbons (Fsp3) is 0.500. The molecule has 1 aromatic rings. The molecule has 1 atom stereocenters. The van der Waals surface area contributed by atoms with Crippen LogP contribution in [0.5, 0.6) is 0 Å². The molecule has 0 aliphatic carbocycles. The van der Waals surface area contributed by atoms with E-state index in [1.165, 1.54) is 12.1 Å². The molecular weight excluding hydrogens is 271 g/mol. The molecule has 2 nitrogen and oxygen atoms in total. The molecule has 0 saturated carbocycles. The number of benzene rings is 1. The molecule has 90 valence electrons. The summed E-state index contributed by atoms with van der Waals surface area (Å²) in [5, 5.41) is 0. The van der Waals surface area contributed by atoms with Gasteiger partial charge >= 0.3 is 0 Å². The van der Waals surface area contributed by atoms with Crippen molar-refractivity contribution in [2.24, 2.45) is 11.8 Å². The summed E-state index contributed by atoms with van der Waals surface area (Å²) >= 11 is 3.28. The van der Waals surface area contributed by atoms with Crippen molar-refractivity contribution in [2.45, 2.75) is 32.7 Å². The molecule has 1 rings (SSSR count). The van der Waals surface area contributed by atoms with E-state index in [9.17, 15) is 4.39 Å². The standard InChI is InChI=1S/C12H18BrFN2/c1-8(2)3-4-12(16-15)9-5-10(13)7-11(14)6-9/h5-8,12,16H,3-4,15H2,1-2H3. The zero-order valence-corrected chi connectivity index (χ0v) is 11.2. The van der Waals surface area contributed by atoms with Crippen LogP contribution in [0.3, 0.4) is 0 Å². The van der Waals surface area contributed by atoms with Crippen LogP contribution in [0.2, 0.25) is 0 Å². The van der Waals surface area contributed by atoms with Gasteiger partial charge in [0, 0.05) is 10.5 Å². The third-order valence-electron chi connectivity index (χ3n) is 2.52. The van der Waals surface area contributed by atoms with Gasteiger partial charge in [-0.3, -0.25) is 11.3 Å². The lowest BCUT2D eigenvalue weighted by atomic mass is 9.98. The highest BCUT2D eigenvalue weighted by atomic mass is 79.9. The maximum atomic E-state index is 13.2. The Morgan fingerprint density at radius 1 is 1.31 bits per heavy atom. The van der Waals surface area contributed by atoms with E-state index >= 15 is 0 Å². The Morgan fingerprint density at radius 3 is 2.50 bits per heavy atom. The summed E-state index contributed by atoms with van der Waals surface area (Å²) in [6.45, 7) is 4.32. The van der Waals surface area contributed by atoms with Crippen LogP contribution in [-0.4, -0.2) is 0 Å². The molecule has 0 aromatic heterocycles. The molecular formula is C12H18BrFN2. The number of nitrogens with one attached hydrogen (secondary N) is 1. The lowest BCUT2D eigenvalue weighted by molar-refractivity contribution is 0.446. The van der Waals surface area contributed by atoms with E-state index in [4.69, 9.17) is 5.84 Å². The van der Waals surface area contributed by atoms with Gasteiger partial charge in [-0.05, 0) is 42.5 Å². The normalized spacial score (nSPS) is 13.1. The smallest absolute Gasteiger partial charge is 0.124 e. The van der Waals surface area contributed by atoms with Crippen molar-refractivity contribution in [3.05, 3.63) is 34.1 Å². The van der Waals surface area contributed by atoms with Gasteiger partial charge in [0.15, 0.2) is 0 Å². The van der Waals surface area contributed by atoms with E-state index in [1.54, 1.807) is 0 Å². The number of halogens is 2. The van der Waals surface area contributed by atoms with Crippen LogP contribution in [0, 0.1) is 11.7 Å². The van der Waals surface area contributed by atoms with Gasteiger partial charge in [-0.15, -0.1) is 0 Å². The minimum atomic E-state index is -0.242. The molecule has 0 saturated heterocycles. The first-order chi connectivity index (χ1) is 7.52. The summed E-state index contributed by atoms with van der Waals surface area (Å²) in [7, 11) is 0. The first-order valence-electron chi connectivity index (χ1n) is 5.45. The van der Waals surface area contributed by atoms with Crippen LogP contribution < -0.4 is 11.3 Å². The van der Waals surface area contributed by atoms with Crippen molar-refractivity contribution in [3.8, 4) is 0 Å². The highest BCUT2D eigenvalue weighted by molar-refractivity contribution is 9.10. The summed E-state index contributed by atoms with van der Waals surface area (Å²) < 4.78 is 14.0. The number of rotatable bonds is 5. The molecule has 4 heteroatoms. The van der Waals surface area contributed by atoms with Crippen molar-refractivity contribution in [2.75, 3.05) is 0 Å². The maximum absolute atomic E-state index is 13.2. The molecule has 1 unspecified atom stereocenters. The molecule has 0 amide bonds. The fourth-order valence-electron chi connectivity index (χ4n) is 1.62. The van der Waals surface area contributed by atoms with Crippen molar-refractivity contribution in [3.63, 3.8) is 0 Å². The Hall–Kier alpha value is -0.450. The quantitative estimate of drug-likeness (QED) is 0.643. The topological polar surface area (TPSA) is 38.0 Å². The second-order valence-corrected chi connectivity index (χ2v) is 5.31. The zero-order chi connectivity index (χ0) is 12.1. The Labute approximate surface area is 105 Å². The predicted octanol–water partition coefficient (Wildman–Crippen LogP) is 3.53. The summed E-state index contributed by atoms with van der Waals surface area (Å²) in [5.41, 5.74) is 3.62. The number of nitrogens with two attached hydrogens (primary N) is 1. The van der Waals surface area contributed by atoms with Gasteiger partial charge in [0.05, 0.1) is 0 Å². The molecule has 0 fully saturated rings. The maximum Gasteiger partial charge on any atom is 0.124 e. The van der Waals surface area contributed by atoms with E-state index in [0.717, 1.165) is 22.9 Å². The second kappa shape index (κ2) is 6.33. The van der Waals surface area contributed by atoms with Crippen LogP contribution >= 0.6 is 15.9 Å². The number of hydrazine groups is 1. The van der Waals surface area contributed by atoms with Gasteiger partial charge in [-0.25, -0.2) is 4.39 Å². The van der Waals surface area contributed by atoms with Crippen molar-refractivity contribution >= 4 is 15.9 Å². The molecule has 3 N–H and O–H groups in total. The average molecular weight is 289 g/mol. The van der Waals surface area contributed by atoms with E-state index in [1.807, 2.05) is 6.07 Å². The van der Waals surface area contributed by atoms with E-state index < -0.39 is 0 Å². The second-order valence-electron chi connectivity index (χ2n) is 4.39. The molecule has 0 spiro atoms. The van der Waals surface area contributed by atoms with Crippen LogP contribution in [0.4, 0.5) is 4.39 Å². The number of hydrogen-bond acceptors (Lipinski definition) is 2. The zero-order valence-electron chi connectivity index (χ0n) is 9.63. The number of hydrogen-bond donors (Lipinski definition) is 2. The van der Waals surface area contributed by atoms with E-state index in [0.29, 0.717) is 5.92 Å². The van der Waals surface area contributed by atoms with E-state index in [2.05, 4.69) is 35.2 Å². The summed E-state index contributed by atoms with van der Waals surface area (Å²) in [6, 6.07) is 4.87. The fourth-order valence-corrected chi connectivity index (χ4v) is 2.11. The minimum Gasteiger partial charge on any atom is -0.271 e. The highest BCUT2D eigenvalue weighted by Gasteiger charge is 2.12. The Balaban J connectivity index is 2.78. The molecule has 1 aromatic carbocycles. The van der Waals surface area contributed by atoms with Crippen LogP contribution in [0.25, 0.3) is 0 Å². The largest absolute Gasteiger partial charge is 0.271 e. The lowest BCUT2D eigenvalue weighted by Crippen LogP contribution is -2.28. The summed E-state index contributed by atoms with van der Waals surface area (Å²) in [4.78, 5) is 0. The van der Waals surface area contributed by atoms with Crippen LogP contribution in [-0.2, 0) is 0 Å². The van der Waals surface area contributed by atoms with E-state index in [-0.39, 0.29) is 11.9 Å². The Morgan fingerprint density at radius 2 is 2.00 bits per heavy atom. The minimum absolute atomic E-state index is 0.00870. The Bertz CT molecular complexity index is 322. The third-order valence-corrected chi connectivity index (χ3v) is 2.98. The monoisotopic (exact) mass is 288 g/mol. The Kier molecular flexibility index (Phi) is 5.38. The van der Waals surface area contributed by atoms with Gasteiger partial charge in [0.2, 0.25) is 0 Å². The molecule has 16 heavy (non-hydrogen) atoms. The first-order valence-corrected chi connectivity index (χ1v) is 6.24. The van der Waals surface area contributed by atoms with Gasteiger partial charge < -0.3 is 0 Å². The van der Waals surface area contributed by atoms with Crippen molar-refractivity contribution < 1.29 is 4.39 Å². The van der Waals surface area contributed by atoms with Gasteiger partial charge in [0.25, 0.3) is 0 Å². The molecule has 0 radical (unpaired) electrons. The molecule has 0 heterocycles. The summed E-state index contributed by atoms with van der Waals surface area (Å²) in [5.74, 6) is 5.88. The van der Waals surface area contributed by atoms with Gasteiger partial charge in [0.1, 0.15) is 5.82 Å².